The van der Waals surface area contributed by atoms with Crippen LogP contribution in [0.1, 0.15) is 22.3 Å². The van der Waals surface area contributed by atoms with Crippen molar-refractivity contribution in [3.63, 3.8) is 0 Å². The fraction of sp³-hybridized carbons (Fsp3) is 0.103. The van der Waals surface area contributed by atoms with Crippen molar-refractivity contribution in [2.75, 3.05) is 0 Å². The van der Waals surface area contributed by atoms with E-state index in [1.165, 1.54) is 55.6 Å². The first-order valence-electron chi connectivity index (χ1n) is 13.9. The quantitative estimate of drug-likeness (QED) is 0.222. The molecule has 1 heteroatoms. The van der Waals surface area contributed by atoms with E-state index in [-0.39, 0.29) is 0 Å². The number of pyridine rings is 1. The van der Waals surface area contributed by atoms with E-state index < -0.39 is 0 Å². The Hall–Kier alpha value is -4.75. The molecule has 0 atom stereocenters. The SMILES string of the molecule is Cc1cccc(-c2cc(-c3ccc(-c4cccc(-c5cc(C)ccc5C)c4)cc3)cc(-c3cccc(C)c3)n2)c1. The van der Waals surface area contributed by atoms with Crippen molar-refractivity contribution in [2.45, 2.75) is 27.7 Å². The van der Waals surface area contributed by atoms with Gasteiger partial charge in [-0.05, 0) is 97.0 Å². The van der Waals surface area contributed by atoms with Crippen LogP contribution in [-0.2, 0) is 0 Å². The Morgan fingerprint density at radius 3 is 1.45 bits per heavy atom. The Balaban J connectivity index is 1.40. The van der Waals surface area contributed by atoms with Crippen LogP contribution in [0.15, 0.2) is 127 Å². The average molecular weight is 516 g/mol. The summed E-state index contributed by atoms with van der Waals surface area (Å²) in [4.78, 5) is 5.10. The molecule has 0 aliphatic heterocycles. The third kappa shape index (κ3) is 5.37. The Morgan fingerprint density at radius 1 is 0.350 bits per heavy atom. The van der Waals surface area contributed by atoms with Crippen LogP contribution in [0.25, 0.3) is 55.9 Å². The lowest BCUT2D eigenvalue weighted by molar-refractivity contribution is 1.31. The van der Waals surface area contributed by atoms with Crippen LogP contribution in [0.3, 0.4) is 0 Å². The Labute approximate surface area is 237 Å². The molecule has 1 nitrogen and oxygen atoms in total. The van der Waals surface area contributed by atoms with Crippen molar-refractivity contribution in [1.29, 1.82) is 0 Å². The highest BCUT2D eigenvalue weighted by Crippen LogP contribution is 2.33. The summed E-state index contributed by atoms with van der Waals surface area (Å²) in [6, 6.07) is 46.0. The Morgan fingerprint density at radius 2 is 0.850 bits per heavy atom. The Bertz CT molecular complexity index is 1760. The van der Waals surface area contributed by atoms with E-state index in [4.69, 9.17) is 4.98 Å². The maximum Gasteiger partial charge on any atom is 0.0715 e. The summed E-state index contributed by atoms with van der Waals surface area (Å²) in [5.74, 6) is 0. The van der Waals surface area contributed by atoms with Crippen LogP contribution in [-0.4, -0.2) is 4.98 Å². The molecule has 1 aromatic heterocycles. The van der Waals surface area contributed by atoms with Crippen molar-refractivity contribution >= 4 is 0 Å². The second kappa shape index (κ2) is 10.8. The van der Waals surface area contributed by atoms with Crippen LogP contribution >= 0.6 is 0 Å². The highest BCUT2D eigenvalue weighted by Gasteiger charge is 2.11. The number of rotatable bonds is 5. The van der Waals surface area contributed by atoms with Crippen molar-refractivity contribution in [3.8, 4) is 55.9 Å². The van der Waals surface area contributed by atoms with E-state index in [1.54, 1.807) is 0 Å². The van der Waals surface area contributed by atoms with Crippen molar-refractivity contribution < 1.29 is 0 Å². The molecule has 0 aliphatic rings. The lowest BCUT2D eigenvalue weighted by atomic mass is 9.94. The van der Waals surface area contributed by atoms with Crippen LogP contribution < -0.4 is 0 Å². The summed E-state index contributed by atoms with van der Waals surface area (Å²) >= 11 is 0. The largest absolute Gasteiger partial charge is 0.248 e. The molecule has 0 bridgehead atoms. The molecule has 5 aromatic carbocycles. The molecule has 0 N–H and O–H groups in total. The number of benzene rings is 5. The maximum atomic E-state index is 5.10. The van der Waals surface area contributed by atoms with Crippen LogP contribution in [0.2, 0.25) is 0 Å². The smallest absolute Gasteiger partial charge is 0.0715 e. The van der Waals surface area contributed by atoms with Gasteiger partial charge >= 0.3 is 0 Å². The predicted octanol–water partition coefficient (Wildman–Crippen LogP) is 10.7. The fourth-order valence-corrected chi connectivity index (χ4v) is 5.37. The first kappa shape index (κ1) is 25.5. The summed E-state index contributed by atoms with van der Waals surface area (Å²) in [6.45, 7) is 8.59. The van der Waals surface area contributed by atoms with E-state index in [1.807, 2.05) is 0 Å². The van der Waals surface area contributed by atoms with Gasteiger partial charge in [0.1, 0.15) is 0 Å². The molecule has 0 amide bonds. The molecule has 1 heterocycles. The standard InChI is InChI=1S/C39H33N/c1-26-8-5-12-34(20-26)38-24-36(25-39(40-38)35-13-6-9-27(2)21-35)31-18-16-30(17-19-31)32-10-7-11-33(23-32)37-22-28(3)14-15-29(37)4/h5-25H,1-4H3. The summed E-state index contributed by atoms with van der Waals surface area (Å²) in [7, 11) is 0. The minimum Gasteiger partial charge on any atom is -0.248 e. The Kier molecular flexibility index (Phi) is 6.88. The van der Waals surface area contributed by atoms with Gasteiger partial charge in [-0.3, -0.25) is 0 Å². The number of hydrogen-bond donors (Lipinski definition) is 0. The van der Waals surface area contributed by atoms with Gasteiger partial charge in [0.15, 0.2) is 0 Å². The molecule has 194 valence electrons. The number of nitrogens with zero attached hydrogens (tertiary/aromatic N) is 1. The summed E-state index contributed by atoms with van der Waals surface area (Å²) in [5.41, 5.74) is 16.6. The van der Waals surface area contributed by atoms with Crippen molar-refractivity contribution in [2.24, 2.45) is 0 Å². The zero-order valence-electron chi connectivity index (χ0n) is 23.6. The van der Waals surface area contributed by atoms with Gasteiger partial charge in [-0.15, -0.1) is 0 Å². The molecule has 0 radical (unpaired) electrons. The third-order valence-electron chi connectivity index (χ3n) is 7.57. The highest BCUT2D eigenvalue weighted by molar-refractivity contribution is 5.80. The molecule has 0 saturated heterocycles. The molecule has 0 fully saturated rings. The minimum absolute atomic E-state index is 0.989. The summed E-state index contributed by atoms with van der Waals surface area (Å²) < 4.78 is 0. The first-order chi connectivity index (χ1) is 19.4. The second-order valence-corrected chi connectivity index (χ2v) is 10.8. The van der Waals surface area contributed by atoms with Gasteiger partial charge in [-0.1, -0.05) is 114 Å². The molecule has 0 spiro atoms. The van der Waals surface area contributed by atoms with Gasteiger partial charge in [0.05, 0.1) is 11.4 Å². The molecular weight excluding hydrogens is 482 g/mol. The zero-order valence-corrected chi connectivity index (χ0v) is 23.6. The van der Waals surface area contributed by atoms with Gasteiger partial charge in [0, 0.05) is 11.1 Å². The van der Waals surface area contributed by atoms with Gasteiger partial charge in [-0.25, -0.2) is 4.98 Å². The lowest BCUT2D eigenvalue weighted by Crippen LogP contribution is -1.92. The van der Waals surface area contributed by atoms with Crippen LogP contribution in [0.5, 0.6) is 0 Å². The van der Waals surface area contributed by atoms with Gasteiger partial charge in [0.25, 0.3) is 0 Å². The zero-order chi connectivity index (χ0) is 27.6. The number of hydrogen-bond acceptors (Lipinski definition) is 1. The predicted molar refractivity (Wildman–Crippen MR) is 170 cm³/mol. The van der Waals surface area contributed by atoms with E-state index in [0.29, 0.717) is 0 Å². The van der Waals surface area contributed by atoms with Gasteiger partial charge < -0.3 is 0 Å². The topological polar surface area (TPSA) is 12.9 Å². The first-order valence-corrected chi connectivity index (χ1v) is 13.9. The second-order valence-electron chi connectivity index (χ2n) is 10.8. The monoisotopic (exact) mass is 515 g/mol. The van der Waals surface area contributed by atoms with E-state index in [2.05, 4.69) is 155 Å². The molecule has 40 heavy (non-hydrogen) atoms. The van der Waals surface area contributed by atoms with Crippen LogP contribution in [0.4, 0.5) is 0 Å². The third-order valence-corrected chi connectivity index (χ3v) is 7.57. The number of aromatic nitrogens is 1. The molecule has 0 saturated carbocycles. The van der Waals surface area contributed by atoms with E-state index in [0.717, 1.165) is 22.5 Å². The highest BCUT2D eigenvalue weighted by atomic mass is 14.7. The molecular formula is C39H33N. The average Bonchev–Trinajstić information content (AvgIpc) is 2.98. The fourth-order valence-electron chi connectivity index (χ4n) is 5.37. The summed E-state index contributed by atoms with van der Waals surface area (Å²) in [6.07, 6.45) is 0. The summed E-state index contributed by atoms with van der Waals surface area (Å²) in [5, 5.41) is 0. The van der Waals surface area contributed by atoms with Crippen LogP contribution in [0, 0.1) is 27.7 Å². The van der Waals surface area contributed by atoms with E-state index >= 15 is 0 Å². The molecule has 6 rings (SSSR count). The van der Waals surface area contributed by atoms with E-state index in [9.17, 15) is 0 Å². The minimum atomic E-state index is 0.989. The normalized spacial score (nSPS) is 11.0. The van der Waals surface area contributed by atoms with Gasteiger partial charge in [0.2, 0.25) is 0 Å². The van der Waals surface area contributed by atoms with Crippen molar-refractivity contribution in [1.82, 2.24) is 4.98 Å². The van der Waals surface area contributed by atoms with Crippen molar-refractivity contribution in [3.05, 3.63) is 150 Å². The molecule has 0 unspecified atom stereocenters. The molecule has 0 aliphatic carbocycles. The number of aryl methyl sites for hydroxylation is 4. The lowest BCUT2D eigenvalue weighted by Gasteiger charge is -2.12. The maximum absolute atomic E-state index is 5.10. The molecule has 6 aromatic rings. The van der Waals surface area contributed by atoms with Gasteiger partial charge in [-0.2, -0.15) is 0 Å².